The summed E-state index contributed by atoms with van der Waals surface area (Å²) in [6.45, 7) is 0. The second-order valence-electron chi connectivity index (χ2n) is 4.96. The fourth-order valence-corrected chi connectivity index (χ4v) is 2.22. The van der Waals surface area contributed by atoms with Crippen LogP contribution in [0.4, 0.5) is 0 Å². The zero-order valence-corrected chi connectivity index (χ0v) is 12.3. The van der Waals surface area contributed by atoms with Gasteiger partial charge < -0.3 is 19.4 Å². The lowest BCUT2D eigenvalue weighted by Crippen LogP contribution is -1.99. The van der Waals surface area contributed by atoms with E-state index in [1.54, 1.807) is 30.4 Å². The average molecular weight is 310 g/mol. The quantitative estimate of drug-likeness (QED) is 0.775. The van der Waals surface area contributed by atoms with Gasteiger partial charge in [-0.25, -0.2) is 0 Å². The van der Waals surface area contributed by atoms with Crippen molar-refractivity contribution < 1.29 is 19.4 Å². The second kappa shape index (κ2) is 5.88. The van der Waals surface area contributed by atoms with Crippen molar-refractivity contribution in [3.63, 3.8) is 0 Å². The van der Waals surface area contributed by atoms with E-state index in [1.165, 1.54) is 31.4 Å². The van der Waals surface area contributed by atoms with Gasteiger partial charge in [0.15, 0.2) is 16.9 Å². The van der Waals surface area contributed by atoms with Gasteiger partial charge in [-0.05, 0) is 42.0 Å². The molecule has 2 aromatic carbocycles. The Morgan fingerprint density at radius 1 is 1.04 bits per heavy atom. The SMILES string of the molecule is COc1cc(C=Cc2cc(=O)c3cc(O)ccc3o2)ccc1O. The van der Waals surface area contributed by atoms with Gasteiger partial charge in [0.25, 0.3) is 0 Å². The molecule has 0 saturated heterocycles. The van der Waals surface area contributed by atoms with E-state index in [9.17, 15) is 15.0 Å². The first-order valence-electron chi connectivity index (χ1n) is 6.89. The molecular weight excluding hydrogens is 296 g/mol. The van der Waals surface area contributed by atoms with Crippen LogP contribution in [0.2, 0.25) is 0 Å². The van der Waals surface area contributed by atoms with Gasteiger partial charge in [0.05, 0.1) is 12.5 Å². The van der Waals surface area contributed by atoms with Gasteiger partial charge in [0, 0.05) is 6.07 Å². The summed E-state index contributed by atoms with van der Waals surface area (Å²) in [5.41, 5.74) is 0.955. The second-order valence-corrected chi connectivity index (χ2v) is 4.96. The van der Waals surface area contributed by atoms with Gasteiger partial charge in [-0.3, -0.25) is 4.79 Å². The molecule has 0 aliphatic rings. The van der Waals surface area contributed by atoms with E-state index in [1.807, 2.05) is 0 Å². The number of hydrogen-bond acceptors (Lipinski definition) is 5. The number of methoxy groups -OCH3 is 1. The number of fused-ring (bicyclic) bond motifs is 1. The van der Waals surface area contributed by atoms with Crippen molar-refractivity contribution in [1.82, 2.24) is 0 Å². The number of rotatable bonds is 3. The molecule has 5 heteroatoms. The number of ether oxygens (including phenoxy) is 1. The summed E-state index contributed by atoms with van der Waals surface area (Å²) in [6, 6.07) is 10.7. The van der Waals surface area contributed by atoms with Crippen molar-refractivity contribution in [1.29, 1.82) is 0 Å². The summed E-state index contributed by atoms with van der Waals surface area (Å²) < 4.78 is 10.7. The molecule has 0 aliphatic heterocycles. The van der Waals surface area contributed by atoms with Gasteiger partial charge >= 0.3 is 0 Å². The third-order valence-corrected chi connectivity index (χ3v) is 3.37. The zero-order chi connectivity index (χ0) is 16.4. The maximum atomic E-state index is 12.1. The van der Waals surface area contributed by atoms with Crippen LogP contribution < -0.4 is 10.2 Å². The van der Waals surface area contributed by atoms with Crippen LogP contribution in [-0.4, -0.2) is 17.3 Å². The highest BCUT2D eigenvalue weighted by Gasteiger charge is 2.04. The fraction of sp³-hybridized carbons (Fsp3) is 0.0556. The van der Waals surface area contributed by atoms with Crippen LogP contribution in [0.25, 0.3) is 23.1 Å². The lowest BCUT2D eigenvalue weighted by Gasteiger charge is -2.03. The molecule has 0 unspecified atom stereocenters. The van der Waals surface area contributed by atoms with Gasteiger partial charge in [0.2, 0.25) is 0 Å². The molecule has 3 aromatic rings. The minimum Gasteiger partial charge on any atom is -0.508 e. The Labute approximate surface area is 131 Å². The van der Waals surface area contributed by atoms with Crippen LogP contribution in [0.1, 0.15) is 11.3 Å². The topological polar surface area (TPSA) is 79.9 Å². The zero-order valence-electron chi connectivity index (χ0n) is 12.3. The molecule has 0 fully saturated rings. The normalized spacial score (nSPS) is 11.2. The average Bonchev–Trinajstić information content (AvgIpc) is 2.55. The molecule has 0 saturated carbocycles. The van der Waals surface area contributed by atoms with Crippen molar-refractivity contribution in [3.8, 4) is 17.2 Å². The first-order valence-corrected chi connectivity index (χ1v) is 6.89. The van der Waals surface area contributed by atoms with Crippen LogP contribution in [0.3, 0.4) is 0 Å². The summed E-state index contributed by atoms with van der Waals surface area (Å²) in [5, 5.41) is 19.3. The summed E-state index contributed by atoms with van der Waals surface area (Å²) in [6.07, 6.45) is 3.39. The Hall–Kier alpha value is -3.21. The summed E-state index contributed by atoms with van der Waals surface area (Å²) >= 11 is 0. The van der Waals surface area contributed by atoms with E-state index in [-0.39, 0.29) is 16.9 Å². The molecule has 5 nitrogen and oxygen atoms in total. The molecule has 0 atom stereocenters. The Balaban J connectivity index is 1.98. The Bertz CT molecular complexity index is 953. The Morgan fingerprint density at radius 3 is 2.65 bits per heavy atom. The van der Waals surface area contributed by atoms with Gasteiger partial charge in [-0.2, -0.15) is 0 Å². The van der Waals surface area contributed by atoms with Crippen molar-refractivity contribution >= 4 is 23.1 Å². The molecular formula is C18H14O5. The minimum atomic E-state index is -0.231. The minimum absolute atomic E-state index is 0.0179. The van der Waals surface area contributed by atoms with Gasteiger partial charge in [-0.1, -0.05) is 12.1 Å². The molecule has 1 aromatic heterocycles. The van der Waals surface area contributed by atoms with Crippen LogP contribution >= 0.6 is 0 Å². The lowest BCUT2D eigenvalue weighted by molar-refractivity contribution is 0.373. The monoisotopic (exact) mass is 310 g/mol. The van der Waals surface area contributed by atoms with Crippen LogP contribution in [0.15, 0.2) is 51.7 Å². The largest absolute Gasteiger partial charge is 0.508 e. The molecule has 116 valence electrons. The molecule has 3 rings (SSSR count). The number of phenolic OH excluding ortho intramolecular Hbond substituents is 2. The van der Waals surface area contributed by atoms with Gasteiger partial charge in [0.1, 0.15) is 17.1 Å². The van der Waals surface area contributed by atoms with E-state index in [0.717, 1.165) is 5.56 Å². The Morgan fingerprint density at radius 2 is 1.87 bits per heavy atom. The third-order valence-electron chi connectivity index (χ3n) is 3.37. The Kier molecular flexibility index (Phi) is 3.76. The first-order chi connectivity index (χ1) is 11.1. The van der Waals surface area contributed by atoms with E-state index in [0.29, 0.717) is 22.5 Å². The molecule has 0 radical (unpaired) electrons. The highest BCUT2D eigenvalue weighted by molar-refractivity contribution is 5.79. The molecule has 0 bridgehead atoms. The third kappa shape index (κ3) is 3.03. The molecule has 0 aliphatic carbocycles. The number of phenols is 2. The molecule has 2 N–H and O–H groups in total. The summed E-state index contributed by atoms with van der Waals surface area (Å²) in [5.74, 6) is 0.828. The summed E-state index contributed by atoms with van der Waals surface area (Å²) in [7, 11) is 1.47. The highest BCUT2D eigenvalue weighted by Crippen LogP contribution is 2.27. The predicted octanol–water partition coefficient (Wildman–Crippen LogP) is 3.38. The van der Waals surface area contributed by atoms with E-state index in [4.69, 9.17) is 9.15 Å². The fourth-order valence-electron chi connectivity index (χ4n) is 2.22. The maximum absolute atomic E-state index is 12.1. The standard InChI is InChI=1S/C18H14O5/c1-22-18-8-11(3-6-15(18)20)2-5-13-10-16(21)14-9-12(19)4-7-17(14)23-13/h2-10,19-20H,1H3. The van der Waals surface area contributed by atoms with Crippen LogP contribution in [0, 0.1) is 0 Å². The van der Waals surface area contributed by atoms with Crippen molar-refractivity contribution in [2.75, 3.05) is 7.11 Å². The smallest absolute Gasteiger partial charge is 0.193 e. The van der Waals surface area contributed by atoms with Crippen molar-refractivity contribution in [2.45, 2.75) is 0 Å². The maximum Gasteiger partial charge on any atom is 0.193 e. The molecule has 1 heterocycles. The molecule has 0 amide bonds. The highest BCUT2D eigenvalue weighted by atomic mass is 16.5. The van der Waals surface area contributed by atoms with E-state index >= 15 is 0 Å². The molecule has 0 spiro atoms. The number of benzene rings is 2. The van der Waals surface area contributed by atoms with Gasteiger partial charge in [-0.15, -0.1) is 0 Å². The summed E-state index contributed by atoms with van der Waals surface area (Å²) in [4.78, 5) is 12.1. The number of hydrogen-bond donors (Lipinski definition) is 2. The molecule has 23 heavy (non-hydrogen) atoms. The van der Waals surface area contributed by atoms with Crippen LogP contribution in [-0.2, 0) is 0 Å². The van der Waals surface area contributed by atoms with E-state index in [2.05, 4.69) is 0 Å². The van der Waals surface area contributed by atoms with Crippen LogP contribution in [0.5, 0.6) is 17.2 Å². The van der Waals surface area contributed by atoms with Crippen molar-refractivity contribution in [3.05, 3.63) is 64.0 Å². The number of aromatic hydroxyl groups is 2. The van der Waals surface area contributed by atoms with E-state index < -0.39 is 0 Å². The lowest BCUT2D eigenvalue weighted by atomic mass is 10.1. The predicted molar refractivity (Wildman–Crippen MR) is 87.7 cm³/mol. The first kappa shape index (κ1) is 14.7. The van der Waals surface area contributed by atoms with Crippen molar-refractivity contribution in [2.24, 2.45) is 0 Å².